The SMILES string of the molecule is O=C(CCCN1C(=O)/C(=C\c2ccccc2OC(F)F)SC1=S)Nc1ccc(SC(F)F)cc1. The Morgan fingerprint density at radius 2 is 1.85 bits per heavy atom. The largest absolute Gasteiger partial charge is 0.434 e. The van der Waals surface area contributed by atoms with E-state index in [0.717, 1.165) is 11.8 Å². The number of rotatable bonds is 10. The summed E-state index contributed by atoms with van der Waals surface area (Å²) in [6.07, 6.45) is 1.88. The van der Waals surface area contributed by atoms with Crippen LogP contribution in [0.1, 0.15) is 18.4 Å². The molecule has 0 atom stereocenters. The summed E-state index contributed by atoms with van der Waals surface area (Å²) in [5.74, 6) is -3.25. The third kappa shape index (κ3) is 7.47. The maximum Gasteiger partial charge on any atom is 0.387 e. The normalized spacial score (nSPS) is 15.0. The molecule has 1 saturated heterocycles. The van der Waals surface area contributed by atoms with Crippen molar-refractivity contribution in [2.45, 2.75) is 30.1 Å². The Hall–Kier alpha value is -2.57. The molecule has 34 heavy (non-hydrogen) atoms. The minimum Gasteiger partial charge on any atom is -0.434 e. The molecule has 1 N–H and O–H groups in total. The summed E-state index contributed by atoms with van der Waals surface area (Å²) in [5, 5.41) is 2.67. The van der Waals surface area contributed by atoms with Crippen molar-refractivity contribution < 1.29 is 31.9 Å². The number of halogens is 4. The van der Waals surface area contributed by atoms with Gasteiger partial charge in [0.05, 0.1) is 4.91 Å². The lowest BCUT2D eigenvalue weighted by molar-refractivity contribution is -0.122. The molecule has 5 nitrogen and oxygen atoms in total. The van der Waals surface area contributed by atoms with Crippen molar-refractivity contribution in [3.8, 4) is 5.75 Å². The number of thiocarbonyl (C=S) groups is 1. The standard InChI is InChI=1S/C22H18F4N2O3S3/c23-20(24)31-16-5-2-1-4-13(16)12-17-19(30)28(22(32)34-17)11-3-6-18(29)27-14-7-9-15(10-8-14)33-21(25)26/h1-2,4-5,7-10,12,20-21H,3,6,11H2,(H,27,29)/b17-12+. The monoisotopic (exact) mass is 530 g/mol. The van der Waals surface area contributed by atoms with Gasteiger partial charge < -0.3 is 10.1 Å². The van der Waals surface area contributed by atoms with Crippen LogP contribution in [0, 0.1) is 0 Å². The van der Waals surface area contributed by atoms with Gasteiger partial charge in [-0.15, -0.1) is 0 Å². The first-order valence-corrected chi connectivity index (χ1v) is 12.0. The third-order valence-electron chi connectivity index (χ3n) is 4.44. The zero-order valence-electron chi connectivity index (χ0n) is 17.4. The fourth-order valence-electron chi connectivity index (χ4n) is 2.98. The lowest BCUT2D eigenvalue weighted by Gasteiger charge is -2.14. The molecule has 2 aromatic carbocycles. The first-order valence-electron chi connectivity index (χ1n) is 9.87. The number of para-hydroxylation sites is 1. The molecule has 0 bridgehead atoms. The molecular weight excluding hydrogens is 512 g/mol. The second-order valence-electron chi connectivity index (χ2n) is 6.80. The number of alkyl halides is 4. The molecule has 3 rings (SSSR count). The van der Waals surface area contributed by atoms with Crippen LogP contribution in [0.15, 0.2) is 58.3 Å². The van der Waals surface area contributed by atoms with E-state index in [2.05, 4.69) is 10.1 Å². The summed E-state index contributed by atoms with van der Waals surface area (Å²) in [5.41, 5.74) is 0.794. The number of ether oxygens (including phenoxy) is 1. The van der Waals surface area contributed by atoms with Crippen molar-refractivity contribution in [2.75, 3.05) is 11.9 Å². The van der Waals surface area contributed by atoms with Gasteiger partial charge in [-0.05, 0) is 42.8 Å². The number of anilines is 1. The van der Waals surface area contributed by atoms with Crippen molar-refractivity contribution in [1.29, 1.82) is 0 Å². The van der Waals surface area contributed by atoms with Gasteiger partial charge >= 0.3 is 6.61 Å². The summed E-state index contributed by atoms with van der Waals surface area (Å²) >= 11 is 6.72. The zero-order valence-corrected chi connectivity index (χ0v) is 19.8. The molecule has 1 heterocycles. The molecule has 0 saturated carbocycles. The minimum absolute atomic E-state index is 0.0553. The molecule has 2 amide bonds. The van der Waals surface area contributed by atoms with E-state index >= 15 is 0 Å². The molecule has 0 aromatic heterocycles. The van der Waals surface area contributed by atoms with E-state index in [1.807, 2.05) is 0 Å². The fourth-order valence-corrected chi connectivity index (χ4v) is 4.78. The van der Waals surface area contributed by atoms with Gasteiger partial charge in [-0.3, -0.25) is 14.5 Å². The third-order valence-corrected chi connectivity index (χ3v) is 6.54. The van der Waals surface area contributed by atoms with E-state index < -0.39 is 12.4 Å². The number of nitrogens with one attached hydrogen (secondary N) is 1. The van der Waals surface area contributed by atoms with E-state index in [4.69, 9.17) is 12.2 Å². The smallest absolute Gasteiger partial charge is 0.387 e. The van der Waals surface area contributed by atoms with Crippen molar-refractivity contribution >= 4 is 63.6 Å². The van der Waals surface area contributed by atoms with Gasteiger partial charge in [0.15, 0.2) is 0 Å². The van der Waals surface area contributed by atoms with Crippen LogP contribution < -0.4 is 10.1 Å². The van der Waals surface area contributed by atoms with Gasteiger partial charge in [0.1, 0.15) is 10.1 Å². The molecule has 1 aliphatic rings. The molecule has 1 aliphatic heterocycles. The Kier molecular flexibility index (Phi) is 9.36. The van der Waals surface area contributed by atoms with Gasteiger partial charge in [0.2, 0.25) is 5.91 Å². The van der Waals surface area contributed by atoms with Crippen molar-refractivity contribution in [3.05, 3.63) is 59.0 Å². The molecular formula is C22H18F4N2O3S3. The predicted octanol–water partition coefficient (Wildman–Crippen LogP) is 6.22. The lowest BCUT2D eigenvalue weighted by Crippen LogP contribution is -2.29. The van der Waals surface area contributed by atoms with Crippen LogP contribution >= 0.6 is 35.7 Å². The van der Waals surface area contributed by atoms with E-state index in [1.165, 1.54) is 41.3 Å². The van der Waals surface area contributed by atoms with Crippen molar-refractivity contribution in [2.24, 2.45) is 0 Å². The Morgan fingerprint density at radius 3 is 2.53 bits per heavy atom. The number of carbonyl (C=O) groups excluding carboxylic acids is 2. The first kappa shape index (κ1) is 26.0. The van der Waals surface area contributed by atoms with Gasteiger partial charge in [0.25, 0.3) is 11.7 Å². The summed E-state index contributed by atoms with van der Waals surface area (Å²) in [4.78, 5) is 26.9. The fraction of sp³-hybridized carbons (Fsp3) is 0.227. The quantitative estimate of drug-likeness (QED) is 0.170. The molecule has 0 unspecified atom stereocenters. The van der Waals surface area contributed by atoms with Crippen LogP contribution in [0.3, 0.4) is 0 Å². The summed E-state index contributed by atoms with van der Waals surface area (Å²) in [6, 6.07) is 12.1. The van der Waals surface area contributed by atoms with Crippen LogP contribution in [0.2, 0.25) is 0 Å². The molecule has 12 heteroatoms. The number of benzene rings is 2. The Bertz CT molecular complexity index is 1080. The second kappa shape index (κ2) is 12.2. The summed E-state index contributed by atoms with van der Waals surface area (Å²) < 4.78 is 54.8. The average molecular weight is 531 g/mol. The average Bonchev–Trinajstić information content (AvgIpc) is 3.03. The zero-order chi connectivity index (χ0) is 24.7. The topological polar surface area (TPSA) is 58.6 Å². The Labute approximate surface area is 206 Å². The molecule has 0 radical (unpaired) electrons. The first-order chi connectivity index (χ1) is 16.2. The van der Waals surface area contributed by atoms with Crippen molar-refractivity contribution in [1.82, 2.24) is 4.90 Å². The van der Waals surface area contributed by atoms with Crippen LogP contribution in [-0.2, 0) is 9.59 Å². The van der Waals surface area contributed by atoms with Gasteiger partial charge in [0, 0.05) is 29.1 Å². The van der Waals surface area contributed by atoms with Crippen LogP contribution in [0.4, 0.5) is 23.2 Å². The summed E-state index contributed by atoms with van der Waals surface area (Å²) in [7, 11) is 0. The van der Waals surface area contributed by atoms with Crippen LogP contribution in [0.25, 0.3) is 6.08 Å². The van der Waals surface area contributed by atoms with E-state index in [1.54, 1.807) is 18.2 Å². The van der Waals surface area contributed by atoms with Crippen molar-refractivity contribution in [3.63, 3.8) is 0 Å². The molecule has 0 spiro atoms. The van der Waals surface area contributed by atoms with Crippen LogP contribution in [0.5, 0.6) is 5.75 Å². The second-order valence-corrected chi connectivity index (χ2v) is 9.54. The Balaban J connectivity index is 1.53. The number of thioether (sulfide) groups is 2. The van der Waals surface area contributed by atoms with E-state index in [-0.39, 0.29) is 35.4 Å². The number of nitrogens with zero attached hydrogens (tertiary/aromatic N) is 1. The van der Waals surface area contributed by atoms with E-state index in [0.29, 0.717) is 38.6 Å². The lowest BCUT2D eigenvalue weighted by atomic mass is 10.2. The summed E-state index contributed by atoms with van der Waals surface area (Å²) in [6.45, 7) is -2.79. The van der Waals surface area contributed by atoms with Gasteiger partial charge in [-0.1, -0.05) is 53.9 Å². The number of hydrogen-bond acceptors (Lipinski definition) is 6. The van der Waals surface area contributed by atoms with Gasteiger partial charge in [-0.25, -0.2) is 0 Å². The highest BCUT2D eigenvalue weighted by Crippen LogP contribution is 2.34. The number of hydrogen-bond donors (Lipinski definition) is 1. The Morgan fingerprint density at radius 1 is 1.15 bits per heavy atom. The molecule has 0 aliphatic carbocycles. The highest BCUT2D eigenvalue weighted by atomic mass is 32.2. The number of amides is 2. The maximum absolute atomic E-state index is 12.7. The molecule has 180 valence electrons. The predicted molar refractivity (Wildman–Crippen MR) is 129 cm³/mol. The highest BCUT2D eigenvalue weighted by molar-refractivity contribution is 8.26. The highest BCUT2D eigenvalue weighted by Gasteiger charge is 2.32. The van der Waals surface area contributed by atoms with Gasteiger partial charge in [-0.2, -0.15) is 17.6 Å². The minimum atomic E-state index is -3.00. The molecule has 1 fully saturated rings. The maximum atomic E-state index is 12.7. The number of carbonyl (C=O) groups is 2. The van der Waals surface area contributed by atoms with E-state index in [9.17, 15) is 27.2 Å². The van der Waals surface area contributed by atoms with Crippen LogP contribution in [-0.4, -0.2) is 39.9 Å². The molecule has 2 aromatic rings.